The molecule has 2 aromatic carbocycles. The summed E-state index contributed by atoms with van der Waals surface area (Å²) in [5, 5.41) is 5.72. The average Bonchev–Trinajstić information content (AvgIpc) is 3.20. The van der Waals surface area contributed by atoms with Gasteiger partial charge in [-0.1, -0.05) is 48.2 Å². The second-order valence-corrected chi connectivity index (χ2v) is 9.34. The molecule has 2 heterocycles. The van der Waals surface area contributed by atoms with E-state index in [0.29, 0.717) is 20.9 Å². The molecule has 1 N–H and O–H groups in total. The van der Waals surface area contributed by atoms with Gasteiger partial charge in [0.2, 0.25) is 5.91 Å². The van der Waals surface area contributed by atoms with Crippen molar-refractivity contribution in [1.82, 2.24) is 14.9 Å². The van der Waals surface area contributed by atoms with Gasteiger partial charge in [0.05, 0.1) is 11.1 Å². The summed E-state index contributed by atoms with van der Waals surface area (Å²) in [7, 11) is 1.66. The Balaban J connectivity index is 1.52. The van der Waals surface area contributed by atoms with E-state index in [-0.39, 0.29) is 29.6 Å². The first-order valence-corrected chi connectivity index (χ1v) is 11.9. The number of benzene rings is 2. The van der Waals surface area contributed by atoms with Crippen molar-refractivity contribution >= 4 is 39.2 Å². The van der Waals surface area contributed by atoms with E-state index >= 15 is 0 Å². The zero-order valence-corrected chi connectivity index (χ0v) is 19.6. The lowest BCUT2D eigenvalue weighted by atomic mass is 10.0. The number of thioether (sulfide) groups is 1. The Hall–Kier alpha value is -2.97. The normalized spacial score (nSPS) is 11.1. The van der Waals surface area contributed by atoms with Gasteiger partial charge in [-0.3, -0.25) is 14.2 Å². The predicted octanol–water partition coefficient (Wildman–Crippen LogP) is 4.83. The van der Waals surface area contributed by atoms with E-state index in [1.54, 1.807) is 25.2 Å². The number of nitrogens with zero attached hydrogens (tertiary/aromatic N) is 2. The molecule has 0 saturated carbocycles. The summed E-state index contributed by atoms with van der Waals surface area (Å²) < 4.78 is 15.2. The van der Waals surface area contributed by atoms with Crippen molar-refractivity contribution in [2.45, 2.75) is 25.5 Å². The number of carbonyl (C=O) groups is 1. The van der Waals surface area contributed by atoms with E-state index in [9.17, 15) is 14.0 Å². The maximum Gasteiger partial charge on any atom is 0.263 e. The van der Waals surface area contributed by atoms with Crippen LogP contribution in [-0.2, 0) is 18.4 Å². The Morgan fingerprint density at radius 1 is 1.19 bits per heavy atom. The first-order valence-electron chi connectivity index (χ1n) is 10.0. The molecule has 0 aliphatic rings. The van der Waals surface area contributed by atoms with E-state index in [1.165, 1.54) is 44.9 Å². The van der Waals surface area contributed by atoms with Gasteiger partial charge in [0.25, 0.3) is 5.56 Å². The van der Waals surface area contributed by atoms with E-state index in [0.717, 1.165) is 11.1 Å². The Kier molecular flexibility index (Phi) is 6.43. The van der Waals surface area contributed by atoms with Gasteiger partial charge < -0.3 is 5.32 Å². The highest BCUT2D eigenvalue weighted by atomic mass is 32.2. The maximum absolute atomic E-state index is 13.7. The minimum Gasteiger partial charge on any atom is -0.351 e. The molecule has 0 spiro atoms. The molecule has 8 heteroatoms. The second-order valence-electron chi connectivity index (χ2n) is 7.54. The number of hydrogen-bond donors (Lipinski definition) is 1. The van der Waals surface area contributed by atoms with Crippen molar-refractivity contribution in [1.29, 1.82) is 0 Å². The number of rotatable bonds is 6. The summed E-state index contributed by atoms with van der Waals surface area (Å²) in [6.07, 6.45) is 0. The number of nitrogens with one attached hydrogen (secondary N) is 1. The van der Waals surface area contributed by atoms with Crippen molar-refractivity contribution in [2.75, 3.05) is 5.75 Å². The van der Waals surface area contributed by atoms with Gasteiger partial charge in [0.1, 0.15) is 10.6 Å². The molecule has 0 aliphatic heterocycles. The van der Waals surface area contributed by atoms with Crippen LogP contribution in [0.4, 0.5) is 4.39 Å². The van der Waals surface area contributed by atoms with Crippen LogP contribution in [0.5, 0.6) is 0 Å². The number of carbonyl (C=O) groups excluding carboxylic acids is 1. The van der Waals surface area contributed by atoms with E-state index < -0.39 is 0 Å². The topological polar surface area (TPSA) is 64.0 Å². The van der Waals surface area contributed by atoms with Gasteiger partial charge in [-0.25, -0.2) is 9.37 Å². The zero-order valence-electron chi connectivity index (χ0n) is 17.9. The van der Waals surface area contributed by atoms with Crippen molar-refractivity contribution in [3.05, 3.63) is 80.7 Å². The van der Waals surface area contributed by atoms with Gasteiger partial charge in [0.15, 0.2) is 5.16 Å². The molecule has 0 saturated heterocycles. The molecule has 32 heavy (non-hydrogen) atoms. The second kappa shape index (κ2) is 9.26. The van der Waals surface area contributed by atoms with Gasteiger partial charge in [-0.2, -0.15) is 0 Å². The van der Waals surface area contributed by atoms with Crippen LogP contribution >= 0.6 is 23.1 Å². The minimum absolute atomic E-state index is 0.0790. The van der Waals surface area contributed by atoms with Crippen LogP contribution in [-0.4, -0.2) is 21.2 Å². The highest BCUT2D eigenvalue weighted by molar-refractivity contribution is 7.99. The van der Waals surface area contributed by atoms with Crippen LogP contribution in [0.15, 0.2) is 57.8 Å². The molecule has 5 nitrogen and oxygen atoms in total. The van der Waals surface area contributed by atoms with Gasteiger partial charge in [-0.15, -0.1) is 11.3 Å². The predicted molar refractivity (Wildman–Crippen MR) is 129 cm³/mol. The molecule has 0 fully saturated rings. The molecule has 0 radical (unpaired) electrons. The fourth-order valence-corrected chi connectivity index (χ4v) is 5.11. The smallest absolute Gasteiger partial charge is 0.263 e. The van der Waals surface area contributed by atoms with Crippen molar-refractivity contribution in [3.8, 4) is 11.1 Å². The van der Waals surface area contributed by atoms with Crippen molar-refractivity contribution < 1.29 is 9.18 Å². The van der Waals surface area contributed by atoms with Crippen LogP contribution < -0.4 is 10.9 Å². The van der Waals surface area contributed by atoms with E-state index in [1.807, 2.05) is 11.4 Å². The fraction of sp³-hybridized carbons (Fsp3) is 0.208. The number of aryl methyl sites for hydroxylation is 2. The summed E-state index contributed by atoms with van der Waals surface area (Å²) in [4.78, 5) is 30.6. The molecule has 4 rings (SSSR count). The monoisotopic (exact) mass is 467 g/mol. The maximum atomic E-state index is 13.7. The Morgan fingerprint density at radius 3 is 2.72 bits per heavy atom. The third-order valence-corrected chi connectivity index (χ3v) is 7.26. The van der Waals surface area contributed by atoms with Crippen LogP contribution in [0.25, 0.3) is 21.3 Å². The molecule has 0 bridgehead atoms. The Labute approximate surface area is 193 Å². The standard InChI is InChI=1S/C24H22FN3O2S2/c1-14-8-9-16(10-15(14)2)18-12-31-22-21(18)23(30)28(3)24(27-22)32-13-20(29)26-11-17-6-4-5-7-19(17)25/h4-10,12H,11,13H2,1-3H3,(H,26,29). The zero-order chi connectivity index (χ0) is 22.8. The van der Waals surface area contributed by atoms with Crippen LogP contribution in [0.2, 0.25) is 0 Å². The number of hydrogen-bond acceptors (Lipinski definition) is 5. The molecule has 4 aromatic rings. The van der Waals surface area contributed by atoms with Gasteiger partial charge in [-0.05, 0) is 36.6 Å². The molecular formula is C24H22FN3O2S2. The quantitative estimate of drug-likeness (QED) is 0.326. The number of thiophene rings is 1. The summed E-state index contributed by atoms with van der Waals surface area (Å²) in [6, 6.07) is 12.5. The summed E-state index contributed by atoms with van der Waals surface area (Å²) in [5.41, 5.74) is 4.52. The molecule has 1 amide bonds. The van der Waals surface area contributed by atoms with Crippen LogP contribution in [0.1, 0.15) is 16.7 Å². The van der Waals surface area contributed by atoms with Crippen LogP contribution in [0, 0.1) is 19.7 Å². The van der Waals surface area contributed by atoms with Crippen molar-refractivity contribution in [2.24, 2.45) is 7.05 Å². The fourth-order valence-electron chi connectivity index (χ4n) is 3.32. The number of amides is 1. The minimum atomic E-state index is -0.354. The molecular weight excluding hydrogens is 445 g/mol. The summed E-state index contributed by atoms with van der Waals surface area (Å²) in [5.74, 6) is -0.530. The molecule has 0 aliphatic carbocycles. The molecule has 164 valence electrons. The number of fused-ring (bicyclic) bond motifs is 1. The lowest BCUT2D eigenvalue weighted by molar-refractivity contribution is -0.118. The Morgan fingerprint density at radius 2 is 1.97 bits per heavy atom. The highest BCUT2D eigenvalue weighted by Crippen LogP contribution is 2.32. The highest BCUT2D eigenvalue weighted by Gasteiger charge is 2.17. The lowest BCUT2D eigenvalue weighted by Gasteiger charge is -2.09. The summed E-state index contributed by atoms with van der Waals surface area (Å²) in [6.45, 7) is 4.22. The molecule has 2 aromatic heterocycles. The SMILES string of the molecule is Cc1ccc(-c2csc3nc(SCC(=O)NCc4ccccc4F)n(C)c(=O)c23)cc1C. The first kappa shape index (κ1) is 22.2. The number of aromatic nitrogens is 2. The average molecular weight is 468 g/mol. The van der Waals surface area contributed by atoms with E-state index in [4.69, 9.17) is 0 Å². The number of halogens is 1. The van der Waals surface area contributed by atoms with Gasteiger partial charge in [0, 0.05) is 30.1 Å². The third-order valence-electron chi connectivity index (χ3n) is 5.36. The van der Waals surface area contributed by atoms with E-state index in [2.05, 4.69) is 36.3 Å². The lowest BCUT2D eigenvalue weighted by Crippen LogP contribution is -2.26. The van der Waals surface area contributed by atoms with Crippen LogP contribution in [0.3, 0.4) is 0 Å². The van der Waals surface area contributed by atoms with Crippen molar-refractivity contribution in [3.63, 3.8) is 0 Å². The first-order chi connectivity index (χ1) is 15.3. The van der Waals surface area contributed by atoms with Gasteiger partial charge >= 0.3 is 0 Å². The largest absolute Gasteiger partial charge is 0.351 e. The third kappa shape index (κ3) is 4.47. The summed E-state index contributed by atoms with van der Waals surface area (Å²) >= 11 is 2.60. The Bertz CT molecular complexity index is 1380. The molecule has 0 unspecified atom stereocenters. The molecule has 0 atom stereocenters.